The van der Waals surface area contributed by atoms with Crippen molar-refractivity contribution in [1.29, 1.82) is 0 Å². The number of halogens is 1. The van der Waals surface area contributed by atoms with E-state index in [9.17, 15) is 18.3 Å². The van der Waals surface area contributed by atoms with Crippen molar-refractivity contribution in [2.75, 3.05) is 0 Å². The third kappa shape index (κ3) is 3.41. The van der Waals surface area contributed by atoms with E-state index < -0.39 is 21.6 Å². The summed E-state index contributed by atoms with van der Waals surface area (Å²) in [7, 11) is -3.96. The summed E-state index contributed by atoms with van der Waals surface area (Å²) in [5.74, 6) is -1.08. The molecule has 0 aliphatic heterocycles. The first-order valence-electron chi connectivity index (χ1n) is 8.30. The number of carbonyl (C=O) groups excluding carboxylic acids is 1. The molecule has 0 fully saturated rings. The number of carbonyl (C=O) groups is 1. The number of fused-ring (bicyclic) bond motifs is 1. The summed E-state index contributed by atoms with van der Waals surface area (Å²) >= 11 is 6.07. The molecule has 0 radical (unpaired) electrons. The van der Waals surface area contributed by atoms with Gasteiger partial charge in [0.15, 0.2) is 5.82 Å². The number of ketones is 1. The molecule has 0 saturated heterocycles. The monoisotopic (exact) mass is 428 g/mol. The molecule has 0 amide bonds. The molecule has 146 valence electrons. The van der Waals surface area contributed by atoms with E-state index in [1.165, 1.54) is 30.7 Å². The Balaban J connectivity index is 1.90. The quantitative estimate of drug-likeness (QED) is 0.285. The molecule has 2 heterocycles. The number of rotatable bonds is 5. The van der Waals surface area contributed by atoms with Gasteiger partial charge in [-0.3, -0.25) is 9.89 Å². The highest BCUT2D eigenvalue weighted by atomic mass is 35.5. The molecule has 0 atom stereocenters. The van der Waals surface area contributed by atoms with Crippen LogP contribution in [-0.2, 0) is 10.0 Å². The number of aliphatic hydroxyl groups is 1. The lowest BCUT2D eigenvalue weighted by Crippen LogP contribution is -2.11. The van der Waals surface area contributed by atoms with Crippen molar-refractivity contribution in [3.8, 4) is 0 Å². The van der Waals surface area contributed by atoms with Crippen LogP contribution in [0.25, 0.3) is 16.7 Å². The van der Waals surface area contributed by atoms with Gasteiger partial charge < -0.3 is 5.11 Å². The van der Waals surface area contributed by atoms with E-state index in [1.54, 1.807) is 30.3 Å². The maximum atomic E-state index is 13.1. The van der Waals surface area contributed by atoms with E-state index in [0.717, 1.165) is 10.0 Å². The number of hydrogen-bond donors (Lipinski definition) is 2. The fourth-order valence-corrected chi connectivity index (χ4v) is 4.42. The molecule has 0 saturated carbocycles. The fourth-order valence-electron chi connectivity index (χ4n) is 2.87. The normalized spacial score (nSPS) is 12.4. The van der Waals surface area contributed by atoms with Gasteiger partial charge in [-0.15, -0.1) is 0 Å². The van der Waals surface area contributed by atoms with Gasteiger partial charge in [-0.2, -0.15) is 5.10 Å². The Morgan fingerprint density at radius 1 is 1.17 bits per heavy atom. The summed E-state index contributed by atoms with van der Waals surface area (Å²) in [6.45, 7) is 0. The number of nitrogens with one attached hydrogen (secondary N) is 1. The highest BCUT2D eigenvalue weighted by molar-refractivity contribution is 7.90. The fraction of sp³-hybridized carbons (Fsp3) is 0. The van der Waals surface area contributed by atoms with Crippen LogP contribution in [0.2, 0.25) is 5.02 Å². The number of aromatic nitrogens is 4. The summed E-state index contributed by atoms with van der Waals surface area (Å²) in [4.78, 5) is 16.0. The second-order valence-corrected chi connectivity index (χ2v) is 8.30. The Morgan fingerprint density at radius 3 is 2.62 bits per heavy atom. The topological polar surface area (TPSA) is 118 Å². The van der Waals surface area contributed by atoms with E-state index in [-0.39, 0.29) is 21.8 Å². The van der Waals surface area contributed by atoms with Gasteiger partial charge in [0.1, 0.15) is 12.1 Å². The molecule has 2 aromatic heterocycles. The Labute approximate surface area is 170 Å². The van der Waals surface area contributed by atoms with Gasteiger partial charge in [0.2, 0.25) is 5.78 Å². The molecule has 0 aliphatic rings. The second-order valence-electron chi connectivity index (χ2n) is 6.05. The van der Waals surface area contributed by atoms with Gasteiger partial charge in [0.05, 0.1) is 10.4 Å². The van der Waals surface area contributed by atoms with Crippen molar-refractivity contribution in [2.24, 2.45) is 0 Å². The highest BCUT2D eigenvalue weighted by Crippen LogP contribution is 2.31. The van der Waals surface area contributed by atoms with Crippen LogP contribution in [0.15, 0.2) is 72.0 Å². The van der Waals surface area contributed by atoms with Gasteiger partial charge in [-0.05, 0) is 24.3 Å². The Hall–Kier alpha value is -3.43. The second kappa shape index (κ2) is 7.19. The van der Waals surface area contributed by atoms with Crippen molar-refractivity contribution in [2.45, 2.75) is 4.90 Å². The molecule has 4 rings (SSSR count). The number of aliphatic hydroxyl groups excluding tert-OH is 1. The highest BCUT2D eigenvalue weighted by Gasteiger charge is 2.23. The summed E-state index contributed by atoms with van der Waals surface area (Å²) in [6, 6.07) is 12.5. The first-order valence-corrected chi connectivity index (χ1v) is 10.1. The number of H-pyrrole nitrogens is 1. The number of benzene rings is 2. The molecule has 0 aliphatic carbocycles. The molecule has 2 aromatic carbocycles. The summed E-state index contributed by atoms with van der Waals surface area (Å²) < 4.78 is 27.3. The van der Waals surface area contributed by atoms with Gasteiger partial charge in [0.25, 0.3) is 10.0 Å². The Kier molecular flexibility index (Phi) is 4.69. The van der Waals surface area contributed by atoms with Gasteiger partial charge >= 0.3 is 0 Å². The Bertz CT molecular complexity index is 1340. The minimum absolute atomic E-state index is 0.0553. The van der Waals surface area contributed by atoms with Crippen molar-refractivity contribution in [3.05, 3.63) is 83.5 Å². The minimum atomic E-state index is -3.96. The van der Waals surface area contributed by atoms with Crippen LogP contribution < -0.4 is 0 Å². The molecule has 4 aromatic rings. The minimum Gasteiger partial charge on any atom is -0.507 e. The molecular weight excluding hydrogens is 416 g/mol. The van der Waals surface area contributed by atoms with Crippen LogP contribution in [0.4, 0.5) is 0 Å². The first-order chi connectivity index (χ1) is 13.9. The maximum Gasteiger partial charge on any atom is 0.268 e. The third-order valence-electron chi connectivity index (χ3n) is 4.23. The number of aromatic amines is 1. The predicted octanol–water partition coefficient (Wildman–Crippen LogP) is 3.43. The predicted molar refractivity (Wildman–Crippen MR) is 107 cm³/mol. The number of hydrogen-bond acceptors (Lipinski definition) is 6. The SMILES string of the molecule is O=C(C=C(O)c1cn(S(=O)(=O)c2ccccc2)c2cc(Cl)ccc12)c1ncn[nH]1. The van der Waals surface area contributed by atoms with Crippen molar-refractivity contribution < 1.29 is 18.3 Å². The summed E-state index contributed by atoms with van der Waals surface area (Å²) in [6.07, 6.45) is 3.37. The van der Waals surface area contributed by atoms with E-state index in [1.807, 2.05) is 0 Å². The van der Waals surface area contributed by atoms with Crippen LogP contribution in [-0.4, -0.2) is 38.5 Å². The third-order valence-corrected chi connectivity index (χ3v) is 6.15. The summed E-state index contributed by atoms with van der Waals surface area (Å²) in [5, 5.41) is 17.3. The molecule has 2 N–H and O–H groups in total. The molecule has 10 heteroatoms. The maximum absolute atomic E-state index is 13.1. The van der Waals surface area contributed by atoms with Crippen LogP contribution in [0.3, 0.4) is 0 Å². The summed E-state index contributed by atoms with van der Waals surface area (Å²) in [5.41, 5.74) is 0.424. The van der Waals surface area contributed by atoms with E-state index in [0.29, 0.717) is 10.4 Å². The lowest BCUT2D eigenvalue weighted by molar-refractivity contribution is 0.103. The van der Waals surface area contributed by atoms with Crippen molar-refractivity contribution in [1.82, 2.24) is 19.2 Å². The Morgan fingerprint density at radius 2 is 1.93 bits per heavy atom. The zero-order valence-electron chi connectivity index (χ0n) is 14.7. The van der Waals surface area contributed by atoms with Gasteiger partial charge in [-0.1, -0.05) is 35.9 Å². The van der Waals surface area contributed by atoms with Gasteiger partial charge in [0, 0.05) is 28.2 Å². The zero-order chi connectivity index (χ0) is 20.6. The standard InChI is InChI=1S/C19H13ClN4O4S/c20-12-6-7-14-15(17(25)9-18(26)19-21-11-22-23-19)10-24(16(14)8-12)29(27,28)13-4-2-1-3-5-13/h1-11,25H,(H,21,22,23). The van der Waals surface area contributed by atoms with Crippen LogP contribution in [0.1, 0.15) is 16.2 Å². The van der Waals surface area contributed by atoms with E-state index in [4.69, 9.17) is 11.6 Å². The number of nitrogens with zero attached hydrogens (tertiary/aromatic N) is 3. The van der Waals surface area contributed by atoms with Crippen LogP contribution >= 0.6 is 11.6 Å². The molecule has 29 heavy (non-hydrogen) atoms. The van der Waals surface area contributed by atoms with Crippen LogP contribution in [0.5, 0.6) is 0 Å². The molecule has 8 nitrogen and oxygen atoms in total. The van der Waals surface area contributed by atoms with Crippen molar-refractivity contribution in [3.63, 3.8) is 0 Å². The van der Waals surface area contributed by atoms with E-state index >= 15 is 0 Å². The van der Waals surface area contributed by atoms with E-state index in [2.05, 4.69) is 15.2 Å². The average molecular weight is 429 g/mol. The van der Waals surface area contributed by atoms with Gasteiger partial charge in [-0.25, -0.2) is 17.4 Å². The largest absolute Gasteiger partial charge is 0.507 e. The number of allylic oxidation sites excluding steroid dienone is 1. The molecule has 0 unspecified atom stereocenters. The molecule has 0 bridgehead atoms. The zero-order valence-corrected chi connectivity index (χ0v) is 16.2. The lowest BCUT2D eigenvalue weighted by Gasteiger charge is -2.07. The average Bonchev–Trinajstić information content (AvgIpc) is 3.37. The first kappa shape index (κ1) is 18.9. The molecular formula is C19H13ClN4O4S. The lowest BCUT2D eigenvalue weighted by atomic mass is 10.1. The smallest absolute Gasteiger partial charge is 0.268 e. The van der Waals surface area contributed by atoms with Crippen LogP contribution in [0, 0.1) is 0 Å². The van der Waals surface area contributed by atoms with Crippen molar-refractivity contribution >= 4 is 44.1 Å². The molecule has 0 spiro atoms.